The molecule has 1 unspecified atom stereocenters. The number of hydrogen-bond donors (Lipinski definition) is 1. The summed E-state index contributed by atoms with van der Waals surface area (Å²) in [5, 5.41) is 8.79. The molecule has 0 saturated carbocycles. The smallest absolute Gasteiger partial charge is 0.333 e. The first kappa shape index (κ1) is 13.0. The van der Waals surface area contributed by atoms with Gasteiger partial charge < -0.3 is 4.74 Å². The number of hydrogen-bond acceptors (Lipinski definition) is 3. The molecule has 0 aromatic rings. The van der Waals surface area contributed by atoms with E-state index < -0.39 is 0 Å². The van der Waals surface area contributed by atoms with E-state index in [1.807, 2.05) is 0 Å². The van der Waals surface area contributed by atoms with Gasteiger partial charge in [-0.2, -0.15) is 0 Å². The first-order chi connectivity index (χ1) is 6.61. The van der Waals surface area contributed by atoms with E-state index in [2.05, 4.69) is 13.2 Å². The van der Waals surface area contributed by atoms with E-state index in [1.54, 1.807) is 12.3 Å². The Morgan fingerprint density at radius 2 is 2.29 bits per heavy atom. The number of carbonyl (C=O) groups is 1. The summed E-state index contributed by atoms with van der Waals surface area (Å²) < 4.78 is 4.90. The van der Waals surface area contributed by atoms with Crippen LogP contribution in [0.2, 0.25) is 0 Å². The second-order valence-electron chi connectivity index (χ2n) is 2.73. The Morgan fingerprint density at radius 1 is 1.64 bits per heavy atom. The van der Waals surface area contributed by atoms with Crippen molar-refractivity contribution in [1.82, 2.24) is 0 Å². The summed E-state index contributed by atoms with van der Waals surface area (Å²) in [6, 6.07) is 0. The van der Waals surface area contributed by atoms with Crippen molar-refractivity contribution in [3.63, 3.8) is 0 Å². The molecule has 1 N–H and O–H groups in total. The fourth-order valence-corrected chi connectivity index (χ4v) is 1.54. The lowest BCUT2D eigenvalue weighted by Gasteiger charge is -2.02. The molecule has 0 bridgehead atoms. The van der Waals surface area contributed by atoms with Crippen molar-refractivity contribution >= 4 is 22.4 Å². The Labute approximate surface area is 87.7 Å². The van der Waals surface area contributed by atoms with Gasteiger partial charge in [0.2, 0.25) is 5.55 Å². The van der Waals surface area contributed by atoms with Crippen molar-refractivity contribution in [2.45, 2.75) is 13.3 Å². The topological polar surface area (TPSA) is 50.1 Å². The van der Waals surface area contributed by atoms with Crippen LogP contribution >= 0.6 is 0 Å². The van der Waals surface area contributed by atoms with E-state index in [0.717, 1.165) is 12.2 Å². The van der Waals surface area contributed by atoms with Crippen molar-refractivity contribution in [2.24, 2.45) is 0 Å². The number of carbonyl (C=O) groups excluding carboxylic acids is 1. The lowest BCUT2D eigenvalue weighted by molar-refractivity contribution is -0.138. The highest BCUT2D eigenvalue weighted by Gasteiger charge is 2.10. The van der Waals surface area contributed by atoms with E-state index in [9.17, 15) is 4.79 Å². The molecule has 0 spiro atoms. The zero-order valence-corrected chi connectivity index (χ0v) is 9.23. The molecular formula is C10H16NO2S+. The third-order valence-electron chi connectivity index (χ3n) is 1.47. The van der Waals surface area contributed by atoms with Crippen LogP contribution in [0, 0.1) is 5.41 Å². The quantitative estimate of drug-likeness (QED) is 0.176. The van der Waals surface area contributed by atoms with Crippen molar-refractivity contribution in [3.05, 3.63) is 24.1 Å². The monoisotopic (exact) mass is 214 g/mol. The van der Waals surface area contributed by atoms with Gasteiger partial charge in [0.05, 0.1) is 17.5 Å². The van der Waals surface area contributed by atoms with Crippen LogP contribution in [0.15, 0.2) is 24.1 Å². The van der Waals surface area contributed by atoms with E-state index in [-0.39, 0.29) is 16.9 Å². The average molecular weight is 214 g/mol. The zero-order valence-electron chi connectivity index (χ0n) is 8.41. The standard InChI is InChI=1S/C10H16NO2S/c1-4-14(8-11)7-5-6-13-10(12)9(2)3/h4,8,11H,1-2,5-7H2,3H3/q+1. The molecule has 0 aromatic carbocycles. The number of rotatable bonds is 7. The normalized spacial score (nSPS) is 11.5. The third-order valence-corrected chi connectivity index (χ3v) is 2.96. The molecule has 0 rings (SSSR count). The second-order valence-corrected chi connectivity index (χ2v) is 4.64. The van der Waals surface area contributed by atoms with Crippen molar-refractivity contribution in [2.75, 3.05) is 12.4 Å². The highest BCUT2D eigenvalue weighted by atomic mass is 32.2. The van der Waals surface area contributed by atoms with E-state index in [0.29, 0.717) is 12.2 Å². The first-order valence-electron chi connectivity index (χ1n) is 4.26. The summed E-state index contributed by atoms with van der Waals surface area (Å²) in [4.78, 5) is 10.9. The van der Waals surface area contributed by atoms with Gasteiger partial charge in [-0.05, 0) is 6.92 Å². The Kier molecular flexibility index (Phi) is 6.84. The minimum atomic E-state index is -0.349. The Bertz CT molecular complexity index is 230. The van der Waals surface area contributed by atoms with Crippen LogP contribution in [0.4, 0.5) is 0 Å². The molecule has 0 aliphatic rings. The van der Waals surface area contributed by atoms with Gasteiger partial charge in [-0.3, -0.25) is 5.41 Å². The van der Waals surface area contributed by atoms with Crippen molar-refractivity contribution in [1.29, 1.82) is 5.41 Å². The molecule has 0 aromatic heterocycles. The van der Waals surface area contributed by atoms with Crippen LogP contribution in [0.1, 0.15) is 13.3 Å². The summed E-state index contributed by atoms with van der Waals surface area (Å²) in [6.07, 6.45) is 0.754. The van der Waals surface area contributed by atoms with Crippen molar-refractivity contribution < 1.29 is 9.53 Å². The van der Waals surface area contributed by atoms with E-state index in [4.69, 9.17) is 10.1 Å². The van der Waals surface area contributed by atoms with E-state index >= 15 is 0 Å². The Hall–Kier alpha value is -1.03. The van der Waals surface area contributed by atoms with Crippen LogP contribution in [0.3, 0.4) is 0 Å². The van der Waals surface area contributed by atoms with Crippen LogP contribution < -0.4 is 0 Å². The molecule has 0 saturated heterocycles. The molecule has 1 atom stereocenters. The molecule has 78 valence electrons. The molecule has 0 amide bonds. The SMILES string of the molecule is C=C[S+](C=N)CCCOC(=O)C(=C)C. The summed E-state index contributed by atoms with van der Waals surface area (Å²) >= 11 is 0. The maximum atomic E-state index is 10.9. The number of esters is 1. The lowest BCUT2D eigenvalue weighted by Crippen LogP contribution is -2.11. The number of nitrogens with one attached hydrogen (secondary N) is 1. The maximum Gasteiger partial charge on any atom is 0.333 e. The summed E-state index contributed by atoms with van der Waals surface area (Å²) in [7, 11) is -0.172. The summed E-state index contributed by atoms with van der Waals surface area (Å²) in [5.74, 6) is 0.467. The molecule has 4 heteroatoms. The molecule has 0 radical (unpaired) electrons. The van der Waals surface area contributed by atoms with Gasteiger partial charge in [0.25, 0.3) is 0 Å². The molecule has 14 heavy (non-hydrogen) atoms. The van der Waals surface area contributed by atoms with Gasteiger partial charge in [-0.15, -0.1) is 0 Å². The predicted octanol–water partition coefficient (Wildman–Crippen LogP) is 1.86. The second kappa shape index (κ2) is 7.38. The van der Waals surface area contributed by atoms with Crippen LogP contribution in [-0.2, 0) is 20.4 Å². The van der Waals surface area contributed by atoms with Gasteiger partial charge in [-0.25, -0.2) is 4.79 Å². The van der Waals surface area contributed by atoms with Gasteiger partial charge in [0.1, 0.15) is 11.2 Å². The first-order valence-corrected chi connectivity index (χ1v) is 5.78. The molecule has 0 heterocycles. The highest BCUT2D eigenvalue weighted by Crippen LogP contribution is 1.98. The lowest BCUT2D eigenvalue weighted by atomic mass is 10.4. The Balaban J connectivity index is 3.55. The summed E-state index contributed by atoms with van der Waals surface area (Å²) in [5.41, 5.74) is 1.79. The molecule has 0 aliphatic carbocycles. The van der Waals surface area contributed by atoms with Crippen LogP contribution in [-0.4, -0.2) is 23.9 Å². The van der Waals surface area contributed by atoms with Gasteiger partial charge >= 0.3 is 5.97 Å². The van der Waals surface area contributed by atoms with E-state index in [1.165, 1.54) is 5.55 Å². The largest absolute Gasteiger partial charge is 0.462 e. The highest BCUT2D eigenvalue weighted by molar-refractivity contribution is 8.11. The minimum Gasteiger partial charge on any atom is -0.462 e. The average Bonchev–Trinajstić information content (AvgIpc) is 2.17. The molecular weight excluding hydrogens is 198 g/mol. The Morgan fingerprint density at radius 3 is 2.71 bits per heavy atom. The fraction of sp³-hybridized carbons (Fsp3) is 0.400. The van der Waals surface area contributed by atoms with Gasteiger partial charge in [0, 0.05) is 12.0 Å². The zero-order chi connectivity index (χ0) is 11.0. The third kappa shape index (κ3) is 5.59. The summed E-state index contributed by atoms with van der Waals surface area (Å²) in [6.45, 7) is 9.09. The molecule has 3 nitrogen and oxygen atoms in total. The van der Waals surface area contributed by atoms with Crippen LogP contribution in [0.5, 0.6) is 0 Å². The number of ether oxygens (including phenoxy) is 1. The fourth-order valence-electron chi connectivity index (χ4n) is 0.704. The maximum absolute atomic E-state index is 10.9. The minimum absolute atomic E-state index is 0.172. The predicted molar refractivity (Wildman–Crippen MR) is 61.6 cm³/mol. The van der Waals surface area contributed by atoms with Gasteiger partial charge in [-0.1, -0.05) is 13.2 Å². The molecule has 0 fully saturated rings. The van der Waals surface area contributed by atoms with Crippen LogP contribution in [0.25, 0.3) is 0 Å². The van der Waals surface area contributed by atoms with Gasteiger partial charge in [0.15, 0.2) is 0 Å². The van der Waals surface area contributed by atoms with Crippen molar-refractivity contribution in [3.8, 4) is 0 Å². The molecule has 0 aliphatic heterocycles.